The van der Waals surface area contributed by atoms with Crippen molar-refractivity contribution in [2.75, 3.05) is 6.54 Å². The molecule has 2 heteroatoms. The van der Waals surface area contributed by atoms with Gasteiger partial charge in [-0.3, -0.25) is 0 Å². The maximum absolute atomic E-state index is 9.35. The molecule has 0 aliphatic heterocycles. The third kappa shape index (κ3) is 4.34. The Morgan fingerprint density at radius 2 is 2.00 bits per heavy atom. The van der Waals surface area contributed by atoms with Gasteiger partial charge in [-0.15, -0.1) is 0 Å². The molecule has 1 atom stereocenters. The molecule has 1 aromatic rings. The lowest BCUT2D eigenvalue weighted by atomic mass is 10.1. The first kappa shape index (κ1) is 12.1. The first-order valence-electron chi connectivity index (χ1n) is 5.62. The Balaban J connectivity index is 2.43. The molecule has 1 unspecified atom stereocenters. The normalized spacial score (nSPS) is 13.1. The van der Waals surface area contributed by atoms with Gasteiger partial charge in [-0.05, 0) is 43.5 Å². The molecule has 0 aliphatic carbocycles. The predicted octanol–water partition coefficient (Wildman–Crippen LogP) is 3.09. The minimum absolute atomic E-state index is 0.302. The minimum Gasteiger partial charge on any atom is -0.508 e. The molecule has 1 rings (SSSR count). The fraction of sp³-hybridized carbons (Fsp3) is 0.538. The molecule has 84 valence electrons. The van der Waals surface area contributed by atoms with Crippen molar-refractivity contribution in [1.29, 1.82) is 0 Å². The van der Waals surface area contributed by atoms with Crippen molar-refractivity contribution >= 4 is 0 Å². The molecule has 2 N–H and O–H groups in total. The zero-order valence-electron chi connectivity index (χ0n) is 9.83. The molecule has 0 aromatic heterocycles. The van der Waals surface area contributed by atoms with Crippen molar-refractivity contribution in [1.82, 2.24) is 5.32 Å². The second-order valence-electron chi connectivity index (χ2n) is 4.45. The Labute approximate surface area is 92.3 Å². The molecule has 2 nitrogen and oxygen atoms in total. The molecule has 0 bridgehead atoms. The molecule has 0 saturated heterocycles. The Morgan fingerprint density at radius 1 is 1.27 bits per heavy atom. The molecule has 0 radical (unpaired) electrons. The van der Waals surface area contributed by atoms with E-state index in [-0.39, 0.29) is 0 Å². The number of phenols is 1. The standard InChI is InChI=1S/C13H21NO/c1-10(2)7-8-14-11(3)12-5-4-6-13(15)9-12/h4-6,9-11,14-15H,7-8H2,1-3H3. The zero-order valence-corrected chi connectivity index (χ0v) is 9.83. The van der Waals surface area contributed by atoms with Gasteiger partial charge < -0.3 is 10.4 Å². The van der Waals surface area contributed by atoms with Crippen LogP contribution >= 0.6 is 0 Å². The summed E-state index contributed by atoms with van der Waals surface area (Å²) in [6, 6.07) is 7.73. The molecule has 0 saturated carbocycles. The van der Waals surface area contributed by atoms with Crippen molar-refractivity contribution in [2.45, 2.75) is 33.2 Å². The van der Waals surface area contributed by atoms with E-state index in [1.54, 1.807) is 6.07 Å². The van der Waals surface area contributed by atoms with E-state index in [2.05, 4.69) is 26.1 Å². The third-order valence-corrected chi connectivity index (χ3v) is 2.54. The Bertz CT molecular complexity index is 296. The maximum Gasteiger partial charge on any atom is 0.115 e. The second kappa shape index (κ2) is 5.76. The minimum atomic E-state index is 0.302. The van der Waals surface area contributed by atoms with Gasteiger partial charge in [-0.25, -0.2) is 0 Å². The summed E-state index contributed by atoms with van der Waals surface area (Å²) in [5.41, 5.74) is 1.14. The van der Waals surface area contributed by atoms with Crippen LogP contribution < -0.4 is 5.32 Å². The van der Waals surface area contributed by atoms with E-state index in [0.29, 0.717) is 11.8 Å². The Hall–Kier alpha value is -1.02. The van der Waals surface area contributed by atoms with Gasteiger partial charge in [-0.1, -0.05) is 26.0 Å². The van der Waals surface area contributed by atoms with Crippen molar-refractivity contribution in [3.05, 3.63) is 29.8 Å². The summed E-state index contributed by atoms with van der Waals surface area (Å²) in [4.78, 5) is 0. The van der Waals surface area contributed by atoms with E-state index in [1.165, 1.54) is 6.42 Å². The summed E-state index contributed by atoms with van der Waals surface area (Å²) < 4.78 is 0. The van der Waals surface area contributed by atoms with Gasteiger partial charge in [0.15, 0.2) is 0 Å². The molecule has 0 aliphatic rings. The van der Waals surface area contributed by atoms with E-state index in [9.17, 15) is 5.11 Å². The van der Waals surface area contributed by atoms with Crippen LogP contribution in [0.1, 0.15) is 38.8 Å². The van der Waals surface area contributed by atoms with Crippen LogP contribution in [-0.2, 0) is 0 Å². The molecular weight excluding hydrogens is 186 g/mol. The average Bonchev–Trinajstić information content (AvgIpc) is 2.17. The summed E-state index contributed by atoms with van der Waals surface area (Å²) in [6.45, 7) is 7.59. The van der Waals surface area contributed by atoms with Gasteiger partial charge in [0.2, 0.25) is 0 Å². The fourth-order valence-electron chi connectivity index (χ4n) is 1.50. The quantitative estimate of drug-likeness (QED) is 0.777. The largest absolute Gasteiger partial charge is 0.508 e. The summed E-state index contributed by atoms with van der Waals surface area (Å²) in [5.74, 6) is 1.07. The van der Waals surface area contributed by atoms with Gasteiger partial charge in [0.25, 0.3) is 0 Å². The number of benzene rings is 1. The number of hydrogen-bond acceptors (Lipinski definition) is 2. The number of nitrogens with one attached hydrogen (secondary N) is 1. The van der Waals surface area contributed by atoms with Crippen LogP contribution in [-0.4, -0.2) is 11.7 Å². The first-order chi connectivity index (χ1) is 7.09. The first-order valence-corrected chi connectivity index (χ1v) is 5.62. The molecule has 0 spiro atoms. The van der Waals surface area contributed by atoms with Crippen LogP contribution in [0.5, 0.6) is 5.75 Å². The molecule has 1 aromatic carbocycles. The highest BCUT2D eigenvalue weighted by atomic mass is 16.3. The highest BCUT2D eigenvalue weighted by molar-refractivity contribution is 5.28. The van der Waals surface area contributed by atoms with Crippen LogP contribution in [0.25, 0.3) is 0 Å². The number of aromatic hydroxyl groups is 1. The monoisotopic (exact) mass is 207 g/mol. The van der Waals surface area contributed by atoms with Crippen LogP contribution in [0.15, 0.2) is 24.3 Å². The predicted molar refractivity (Wildman–Crippen MR) is 64.0 cm³/mol. The lowest BCUT2D eigenvalue weighted by Gasteiger charge is -2.15. The highest BCUT2D eigenvalue weighted by Crippen LogP contribution is 2.17. The molecule has 0 amide bonds. The van der Waals surface area contributed by atoms with E-state index < -0.39 is 0 Å². The fourth-order valence-corrected chi connectivity index (χ4v) is 1.50. The Kier molecular flexibility index (Phi) is 4.63. The Morgan fingerprint density at radius 3 is 2.60 bits per heavy atom. The lowest BCUT2D eigenvalue weighted by molar-refractivity contribution is 0.469. The van der Waals surface area contributed by atoms with Crippen LogP contribution in [0.3, 0.4) is 0 Å². The average molecular weight is 207 g/mol. The van der Waals surface area contributed by atoms with Crippen LogP contribution in [0.2, 0.25) is 0 Å². The van der Waals surface area contributed by atoms with Gasteiger partial charge >= 0.3 is 0 Å². The summed E-state index contributed by atoms with van der Waals surface area (Å²) in [5, 5.41) is 12.8. The molecule has 15 heavy (non-hydrogen) atoms. The van der Waals surface area contributed by atoms with Crippen molar-refractivity contribution in [2.24, 2.45) is 5.92 Å². The second-order valence-corrected chi connectivity index (χ2v) is 4.45. The van der Waals surface area contributed by atoms with Crippen LogP contribution in [0, 0.1) is 5.92 Å². The smallest absolute Gasteiger partial charge is 0.115 e. The number of phenolic OH excluding ortho intramolecular Hbond substituents is 1. The van der Waals surface area contributed by atoms with Crippen LogP contribution in [0.4, 0.5) is 0 Å². The van der Waals surface area contributed by atoms with Crippen molar-refractivity contribution in [3.8, 4) is 5.75 Å². The summed E-state index contributed by atoms with van der Waals surface area (Å²) >= 11 is 0. The number of hydrogen-bond donors (Lipinski definition) is 2. The van der Waals surface area contributed by atoms with E-state index in [4.69, 9.17) is 0 Å². The van der Waals surface area contributed by atoms with E-state index >= 15 is 0 Å². The number of rotatable bonds is 5. The van der Waals surface area contributed by atoms with Gasteiger partial charge in [0.1, 0.15) is 5.75 Å². The van der Waals surface area contributed by atoms with Crippen molar-refractivity contribution in [3.63, 3.8) is 0 Å². The van der Waals surface area contributed by atoms with E-state index in [1.807, 2.05) is 18.2 Å². The van der Waals surface area contributed by atoms with Gasteiger partial charge in [0, 0.05) is 6.04 Å². The molecule has 0 heterocycles. The third-order valence-electron chi connectivity index (χ3n) is 2.54. The maximum atomic E-state index is 9.35. The van der Waals surface area contributed by atoms with Gasteiger partial charge in [-0.2, -0.15) is 0 Å². The topological polar surface area (TPSA) is 32.3 Å². The molecule has 0 fully saturated rings. The molecular formula is C13H21NO. The summed E-state index contributed by atoms with van der Waals surface area (Å²) in [6.07, 6.45) is 1.18. The highest BCUT2D eigenvalue weighted by Gasteiger charge is 2.04. The van der Waals surface area contributed by atoms with E-state index in [0.717, 1.165) is 18.0 Å². The zero-order chi connectivity index (χ0) is 11.3. The SMILES string of the molecule is CC(C)CCNC(C)c1cccc(O)c1. The van der Waals surface area contributed by atoms with Crippen molar-refractivity contribution < 1.29 is 5.11 Å². The lowest BCUT2D eigenvalue weighted by Crippen LogP contribution is -2.20. The van der Waals surface area contributed by atoms with Gasteiger partial charge in [0.05, 0.1) is 0 Å². The summed E-state index contributed by atoms with van der Waals surface area (Å²) in [7, 11) is 0.